The number of halogens is 2. The highest BCUT2D eigenvalue weighted by Gasteiger charge is 2.14. The minimum absolute atomic E-state index is 0.613. The summed E-state index contributed by atoms with van der Waals surface area (Å²) in [4.78, 5) is 4.16. The van der Waals surface area contributed by atoms with Crippen LogP contribution in [0.2, 0.25) is 5.02 Å². The lowest BCUT2D eigenvalue weighted by molar-refractivity contribution is 0.219. The van der Waals surface area contributed by atoms with Crippen LogP contribution in [0.1, 0.15) is 16.7 Å². The topological polar surface area (TPSA) is 33.1 Å². The van der Waals surface area contributed by atoms with E-state index in [4.69, 9.17) is 11.6 Å². The Morgan fingerprint density at radius 1 is 1.47 bits per heavy atom. The normalized spacial score (nSPS) is 12.7. The van der Waals surface area contributed by atoms with Crippen molar-refractivity contribution in [3.63, 3.8) is 0 Å². The van der Waals surface area contributed by atoms with Gasteiger partial charge in [0.1, 0.15) is 15.7 Å². The maximum Gasteiger partial charge on any atom is 0.131 e. The molecule has 0 saturated heterocycles. The van der Waals surface area contributed by atoms with Crippen LogP contribution < -0.4 is 0 Å². The Morgan fingerprint density at radius 2 is 2.27 bits per heavy atom. The van der Waals surface area contributed by atoms with E-state index in [2.05, 4.69) is 20.9 Å². The van der Waals surface area contributed by atoms with Crippen molar-refractivity contribution in [2.24, 2.45) is 0 Å². The highest BCUT2D eigenvalue weighted by atomic mass is 79.9. The molecule has 0 fully saturated rings. The van der Waals surface area contributed by atoms with Gasteiger partial charge in [0.15, 0.2) is 0 Å². The van der Waals surface area contributed by atoms with Gasteiger partial charge in [-0.05, 0) is 33.6 Å². The molecule has 1 aromatic heterocycles. The number of aliphatic hydroxyl groups is 1. The summed E-state index contributed by atoms with van der Waals surface area (Å²) in [5.74, 6) is 0. The quantitative estimate of drug-likeness (QED) is 0.919. The first kappa shape index (κ1) is 11.1. The molecule has 0 bridgehead atoms. The van der Waals surface area contributed by atoms with Crippen molar-refractivity contribution in [3.8, 4) is 0 Å². The molecule has 1 atom stereocenters. The fraction of sp³-hybridized carbons (Fsp3) is 0.100. The minimum Gasteiger partial charge on any atom is -0.381 e. The Morgan fingerprint density at radius 3 is 2.87 bits per heavy atom. The van der Waals surface area contributed by atoms with Gasteiger partial charge in [0.05, 0.1) is 0 Å². The maximum atomic E-state index is 10.00. The zero-order chi connectivity index (χ0) is 10.8. The van der Waals surface area contributed by atoms with E-state index in [-0.39, 0.29) is 0 Å². The fourth-order valence-electron chi connectivity index (χ4n) is 1.21. The maximum absolute atomic E-state index is 10.00. The summed E-state index contributed by atoms with van der Waals surface area (Å²) in [6.45, 7) is 0. The summed E-state index contributed by atoms with van der Waals surface area (Å²) >= 11 is 10.5. The summed E-state index contributed by atoms with van der Waals surface area (Å²) in [6.07, 6.45) is -0.708. The van der Waals surface area contributed by atoms with Crippen molar-refractivity contribution >= 4 is 38.9 Å². The molecule has 78 valence electrons. The molecule has 2 aromatic rings. The molecule has 1 heterocycles. The second-order valence-corrected chi connectivity index (χ2v) is 5.10. The summed E-state index contributed by atoms with van der Waals surface area (Å²) in [7, 11) is 0. The molecule has 0 spiro atoms. The second-order valence-electron chi connectivity index (χ2n) is 2.97. The zero-order valence-corrected chi connectivity index (χ0v) is 10.7. The molecule has 1 aromatic carbocycles. The highest BCUT2D eigenvalue weighted by molar-refractivity contribution is 9.10. The second kappa shape index (κ2) is 4.61. The Hall–Kier alpha value is -0.420. The van der Waals surface area contributed by atoms with Crippen LogP contribution in [-0.4, -0.2) is 10.1 Å². The van der Waals surface area contributed by atoms with E-state index in [1.165, 1.54) is 11.3 Å². The van der Waals surface area contributed by atoms with Crippen LogP contribution in [0.3, 0.4) is 0 Å². The number of hydrogen-bond acceptors (Lipinski definition) is 3. The van der Waals surface area contributed by atoms with E-state index in [0.29, 0.717) is 10.0 Å². The van der Waals surface area contributed by atoms with Crippen LogP contribution in [0.25, 0.3) is 0 Å². The van der Waals surface area contributed by atoms with E-state index in [1.807, 2.05) is 17.5 Å². The predicted octanol–water partition coefficient (Wildman–Crippen LogP) is 3.64. The standard InChI is InChI=1S/C10H7BrClNOS/c11-8-5-15-10(13-8)9(14)6-2-1-3-7(12)4-6/h1-5,9,14H. The molecule has 0 aliphatic rings. The van der Waals surface area contributed by atoms with Crippen molar-refractivity contribution in [2.75, 3.05) is 0 Å². The molecule has 1 unspecified atom stereocenters. The molecule has 0 saturated carbocycles. The molecular formula is C10H7BrClNOS. The van der Waals surface area contributed by atoms with Gasteiger partial charge in [-0.3, -0.25) is 0 Å². The molecule has 0 radical (unpaired) electrons. The van der Waals surface area contributed by atoms with Gasteiger partial charge in [0.2, 0.25) is 0 Å². The van der Waals surface area contributed by atoms with Crippen LogP contribution in [0, 0.1) is 0 Å². The van der Waals surface area contributed by atoms with E-state index in [1.54, 1.807) is 12.1 Å². The molecule has 0 aliphatic heterocycles. The first-order chi connectivity index (χ1) is 7.16. The largest absolute Gasteiger partial charge is 0.381 e. The third kappa shape index (κ3) is 2.58. The number of nitrogens with zero attached hydrogens (tertiary/aromatic N) is 1. The van der Waals surface area contributed by atoms with E-state index < -0.39 is 6.10 Å². The number of rotatable bonds is 2. The molecule has 0 aliphatic carbocycles. The van der Waals surface area contributed by atoms with Crippen LogP contribution in [0.5, 0.6) is 0 Å². The van der Waals surface area contributed by atoms with Gasteiger partial charge in [0.25, 0.3) is 0 Å². The number of thiazole rings is 1. The van der Waals surface area contributed by atoms with Crippen LogP contribution in [0.4, 0.5) is 0 Å². The molecule has 1 N–H and O–H groups in total. The Balaban J connectivity index is 2.32. The number of aliphatic hydroxyl groups excluding tert-OH is 1. The Bertz CT molecular complexity index is 474. The van der Waals surface area contributed by atoms with Gasteiger partial charge in [-0.1, -0.05) is 23.7 Å². The molecule has 0 amide bonds. The summed E-state index contributed by atoms with van der Waals surface area (Å²) < 4.78 is 0.739. The minimum atomic E-state index is -0.708. The lowest BCUT2D eigenvalue weighted by Gasteiger charge is -2.07. The van der Waals surface area contributed by atoms with Gasteiger partial charge in [-0.2, -0.15) is 0 Å². The van der Waals surface area contributed by atoms with E-state index in [9.17, 15) is 5.11 Å². The summed E-state index contributed by atoms with van der Waals surface area (Å²) in [6, 6.07) is 7.15. The molecule has 2 nitrogen and oxygen atoms in total. The molecular weight excluding hydrogens is 298 g/mol. The number of hydrogen-bond donors (Lipinski definition) is 1. The van der Waals surface area contributed by atoms with E-state index >= 15 is 0 Å². The fourth-order valence-corrected chi connectivity index (χ4v) is 2.69. The first-order valence-electron chi connectivity index (χ1n) is 4.21. The summed E-state index contributed by atoms with van der Waals surface area (Å²) in [5.41, 5.74) is 0.754. The SMILES string of the molecule is OC(c1cccc(Cl)c1)c1nc(Br)cs1. The van der Waals surface area contributed by atoms with Crippen molar-refractivity contribution in [2.45, 2.75) is 6.10 Å². The van der Waals surface area contributed by atoms with Crippen molar-refractivity contribution in [3.05, 3.63) is 49.8 Å². The Kier molecular flexibility index (Phi) is 3.41. The molecule has 5 heteroatoms. The van der Waals surface area contributed by atoms with Crippen LogP contribution >= 0.6 is 38.9 Å². The number of benzene rings is 1. The van der Waals surface area contributed by atoms with Crippen molar-refractivity contribution in [1.82, 2.24) is 4.98 Å². The first-order valence-corrected chi connectivity index (χ1v) is 6.26. The average Bonchev–Trinajstić information content (AvgIpc) is 2.64. The van der Waals surface area contributed by atoms with Gasteiger partial charge in [-0.25, -0.2) is 4.98 Å². The van der Waals surface area contributed by atoms with Crippen molar-refractivity contribution < 1.29 is 5.11 Å². The third-order valence-electron chi connectivity index (χ3n) is 1.89. The highest BCUT2D eigenvalue weighted by Crippen LogP contribution is 2.27. The van der Waals surface area contributed by atoms with Gasteiger partial charge < -0.3 is 5.11 Å². The number of aromatic nitrogens is 1. The zero-order valence-electron chi connectivity index (χ0n) is 7.52. The van der Waals surface area contributed by atoms with Crippen molar-refractivity contribution in [1.29, 1.82) is 0 Å². The Labute approximate surface area is 105 Å². The lowest BCUT2D eigenvalue weighted by atomic mass is 10.1. The lowest BCUT2D eigenvalue weighted by Crippen LogP contribution is -1.98. The molecule has 15 heavy (non-hydrogen) atoms. The predicted molar refractivity (Wildman–Crippen MR) is 65.3 cm³/mol. The average molecular weight is 305 g/mol. The van der Waals surface area contributed by atoms with Gasteiger partial charge in [0, 0.05) is 10.4 Å². The van der Waals surface area contributed by atoms with Gasteiger partial charge in [-0.15, -0.1) is 11.3 Å². The summed E-state index contributed by atoms with van der Waals surface area (Å²) in [5, 5.41) is 13.1. The molecule has 2 rings (SSSR count). The van der Waals surface area contributed by atoms with Crippen LogP contribution in [0.15, 0.2) is 34.2 Å². The van der Waals surface area contributed by atoms with Crippen LogP contribution in [-0.2, 0) is 0 Å². The third-order valence-corrected chi connectivity index (χ3v) is 3.73. The van der Waals surface area contributed by atoms with Gasteiger partial charge >= 0.3 is 0 Å². The smallest absolute Gasteiger partial charge is 0.131 e. The van der Waals surface area contributed by atoms with E-state index in [0.717, 1.165) is 10.2 Å². The monoisotopic (exact) mass is 303 g/mol.